The molecule has 0 aromatic rings. The van der Waals surface area contributed by atoms with Crippen molar-refractivity contribution in [3.8, 4) is 0 Å². The van der Waals surface area contributed by atoms with E-state index in [0.717, 1.165) is 57.1 Å². The van der Waals surface area contributed by atoms with Gasteiger partial charge < -0.3 is 25.5 Å². The summed E-state index contributed by atoms with van der Waals surface area (Å²) in [5.41, 5.74) is 2.40. The van der Waals surface area contributed by atoms with Gasteiger partial charge in [0.1, 0.15) is 6.04 Å². The molecule has 4 aliphatic rings. The monoisotopic (exact) mass is 490 g/mol. The van der Waals surface area contributed by atoms with Gasteiger partial charge in [0.25, 0.3) is 5.91 Å². The van der Waals surface area contributed by atoms with E-state index in [2.05, 4.69) is 30.4 Å². The number of carbonyl (C=O) groups excluding carboxylic acids is 1. The largest absolute Gasteiger partial charge is 0.481 e. The second-order valence-electron chi connectivity index (χ2n) is 11.4. The molecule has 4 aliphatic carbocycles. The first kappa shape index (κ1) is 25.7. The van der Waals surface area contributed by atoms with E-state index >= 15 is 0 Å². The maximum atomic E-state index is 12.1. The summed E-state index contributed by atoms with van der Waals surface area (Å²) in [5.74, 6) is -1.16. The smallest absolute Gasteiger partial charge is 0.326 e. The Bertz CT molecular complexity index is 931. The molecular weight excluding hydrogens is 452 g/mol. The van der Waals surface area contributed by atoms with Crippen molar-refractivity contribution >= 4 is 23.6 Å². The number of nitrogens with zero attached hydrogens (tertiary/aromatic N) is 1. The number of allylic oxidation sites excluding steroid dienone is 2. The van der Waals surface area contributed by atoms with Gasteiger partial charge >= 0.3 is 11.9 Å². The number of carboxylic acids is 2. The molecular formula is C26H38N2O7. The van der Waals surface area contributed by atoms with Crippen LogP contribution in [0.1, 0.15) is 78.1 Å². The lowest BCUT2D eigenvalue weighted by molar-refractivity contribution is -0.143. The molecule has 5 unspecified atom stereocenters. The van der Waals surface area contributed by atoms with Gasteiger partial charge in [0.15, 0.2) is 6.61 Å². The minimum atomic E-state index is -1.28. The molecule has 4 N–H and O–H groups in total. The normalized spacial score (nSPS) is 37.9. The number of hydrogen-bond donors (Lipinski definition) is 4. The maximum absolute atomic E-state index is 12.1. The average Bonchev–Trinajstić information content (AvgIpc) is 3.11. The Labute approximate surface area is 206 Å². The molecule has 4 rings (SSSR count). The highest BCUT2D eigenvalue weighted by Crippen LogP contribution is 2.65. The Hall–Kier alpha value is -2.42. The lowest BCUT2D eigenvalue weighted by Gasteiger charge is -2.57. The summed E-state index contributed by atoms with van der Waals surface area (Å²) < 4.78 is 0. The summed E-state index contributed by atoms with van der Waals surface area (Å²) in [6, 6.07) is -1.28. The van der Waals surface area contributed by atoms with Gasteiger partial charge in [0.2, 0.25) is 0 Å². The van der Waals surface area contributed by atoms with Crippen LogP contribution in [-0.4, -0.2) is 57.6 Å². The number of aliphatic hydroxyl groups excluding tert-OH is 1. The van der Waals surface area contributed by atoms with Crippen LogP contribution in [0, 0.1) is 28.6 Å². The van der Waals surface area contributed by atoms with Crippen molar-refractivity contribution in [1.82, 2.24) is 5.32 Å². The first-order chi connectivity index (χ1) is 16.5. The van der Waals surface area contributed by atoms with Crippen LogP contribution in [-0.2, 0) is 19.2 Å². The Balaban J connectivity index is 1.35. The molecule has 0 saturated heterocycles. The third-order valence-electron chi connectivity index (χ3n) is 9.58. The first-order valence-electron chi connectivity index (χ1n) is 12.9. The van der Waals surface area contributed by atoms with Gasteiger partial charge in [-0.25, -0.2) is 4.79 Å². The summed E-state index contributed by atoms with van der Waals surface area (Å²) in [4.78, 5) is 39.2. The lowest BCUT2D eigenvalue weighted by Crippen LogP contribution is -2.51. The molecule has 0 spiro atoms. The molecule has 0 aromatic carbocycles. The van der Waals surface area contributed by atoms with E-state index in [1.54, 1.807) is 0 Å². The highest BCUT2D eigenvalue weighted by atomic mass is 16.6. The van der Waals surface area contributed by atoms with Crippen molar-refractivity contribution in [2.75, 3.05) is 6.61 Å². The van der Waals surface area contributed by atoms with Crippen LogP contribution in [0.4, 0.5) is 0 Å². The van der Waals surface area contributed by atoms with Crippen molar-refractivity contribution in [2.45, 2.75) is 90.2 Å². The molecule has 0 heterocycles. The number of carboxylic acid groups (broad SMARTS) is 2. The standard InChI is InChI=1S/C26H38N2O7/c1-25-11-9-16(28-35-14-22(30)27-20(24(33)34)6-8-23(31)32)13-15(25)3-4-17-18-5-7-21(29)26(18,2)12-10-19(17)25/h13,17-21,29H,3-12,14H2,1-2H3,(H,27,30)(H,31,32)(H,33,34)/t17?,18?,19?,20?,21?,25-,26-/m0/s1. The minimum Gasteiger partial charge on any atom is -0.481 e. The van der Waals surface area contributed by atoms with E-state index < -0.39 is 30.5 Å². The van der Waals surface area contributed by atoms with Crippen LogP contribution < -0.4 is 5.32 Å². The number of carbonyl (C=O) groups is 3. The van der Waals surface area contributed by atoms with Gasteiger partial charge in [-0.2, -0.15) is 0 Å². The number of oxime groups is 1. The molecule has 0 aliphatic heterocycles. The SMILES string of the molecule is C[C@]12CCC3C(CCC4=CC(=NOCC(=O)NC(CCC(=O)O)C(=O)O)CC[C@@]43C)C1CCC2O. The van der Waals surface area contributed by atoms with Crippen LogP contribution in [0.15, 0.2) is 16.8 Å². The van der Waals surface area contributed by atoms with E-state index in [1.807, 2.05) is 0 Å². The lowest BCUT2D eigenvalue weighted by atomic mass is 9.47. The molecule has 1 amide bonds. The highest BCUT2D eigenvalue weighted by Gasteiger charge is 2.58. The Morgan fingerprint density at radius 2 is 1.89 bits per heavy atom. The number of aliphatic hydroxyl groups is 1. The number of rotatable bonds is 8. The molecule has 0 radical (unpaired) electrons. The van der Waals surface area contributed by atoms with Gasteiger partial charge in [-0.05, 0) is 92.4 Å². The van der Waals surface area contributed by atoms with Crippen molar-refractivity contribution in [3.63, 3.8) is 0 Å². The fourth-order valence-electron chi connectivity index (χ4n) is 7.55. The second-order valence-corrected chi connectivity index (χ2v) is 11.4. The van der Waals surface area contributed by atoms with Crippen molar-refractivity contribution < 1.29 is 34.5 Å². The Kier molecular flexibility index (Phi) is 7.27. The number of aliphatic carboxylic acids is 2. The van der Waals surface area contributed by atoms with Gasteiger partial charge in [0, 0.05) is 6.42 Å². The molecule has 0 bridgehead atoms. The zero-order valence-electron chi connectivity index (χ0n) is 20.7. The maximum Gasteiger partial charge on any atom is 0.326 e. The zero-order chi connectivity index (χ0) is 25.4. The van der Waals surface area contributed by atoms with E-state index in [1.165, 1.54) is 5.57 Å². The Morgan fingerprint density at radius 3 is 2.60 bits per heavy atom. The van der Waals surface area contributed by atoms with Gasteiger partial charge in [-0.3, -0.25) is 9.59 Å². The van der Waals surface area contributed by atoms with Crippen molar-refractivity contribution in [1.29, 1.82) is 0 Å². The van der Waals surface area contributed by atoms with Crippen molar-refractivity contribution in [3.05, 3.63) is 11.6 Å². The highest BCUT2D eigenvalue weighted by molar-refractivity contribution is 5.96. The van der Waals surface area contributed by atoms with Gasteiger partial charge in [-0.1, -0.05) is 24.6 Å². The Morgan fingerprint density at radius 1 is 1.11 bits per heavy atom. The number of fused-ring (bicyclic) bond motifs is 5. The molecule has 3 fully saturated rings. The predicted octanol–water partition coefficient (Wildman–Crippen LogP) is 3.12. The fourth-order valence-corrected chi connectivity index (χ4v) is 7.55. The third-order valence-corrected chi connectivity index (χ3v) is 9.58. The summed E-state index contributed by atoms with van der Waals surface area (Å²) in [6.07, 6.45) is 9.61. The van der Waals surface area contributed by atoms with Gasteiger partial charge in [0.05, 0.1) is 11.8 Å². The molecule has 0 aromatic heterocycles. The molecule has 194 valence electrons. The van der Waals surface area contributed by atoms with E-state index in [0.29, 0.717) is 17.8 Å². The first-order valence-corrected chi connectivity index (χ1v) is 12.9. The van der Waals surface area contributed by atoms with Crippen molar-refractivity contribution in [2.24, 2.45) is 33.7 Å². The number of hydrogen-bond acceptors (Lipinski definition) is 6. The zero-order valence-corrected chi connectivity index (χ0v) is 20.7. The molecule has 7 atom stereocenters. The topological polar surface area (TPSA) is 146 Å². The fraction of sp³-hybridized carbons (Fsp3) is 0.769. The van der Waals surface area contributed by atoms with Crippen LogP contribution in [0.3, 0.4) is 0 Å². The number of amides is 1. The minimum absolute atomic E-state index is 0.0711. The summed E-state index contributed by atoms with van der Waals surface area (Å²) in [7, 11) is 0. The number of nitrogens with one attached hydrogen (secondary N) is 1. The van der Waals surface area contributed by atoms with E-state index in [9.17, 15) is 19.5 Å². The molecule has 35 heavy (non-hydrogen) atoms. The summed E-state index contributed by atoms with van der Waals surface area (Å²) >= 11 is 0. The predicted molar refractivity (Wildman–Crippen MR) is 128 cm³/mol. The summed E-state index contributed by atoms with van der Waals surface area (Å²) in [5, 5.41) is 35.0. The quantitative estimate of drug-likeness (QED) is 0.382. The van der Waals surface area contributed by atoms with E-state index in [4.69, 9.17) is 15.1 Å². The van der Waals surface area contributed by atoms with Gasteiger partial charge in [-0.15, -0.1) is 0 Å². The molecule has 9 nitrogen and oxygen atoms in total. The summed E-state index contributed by atoms with van der Waals surface area (Å²) in [6.45, 7) is 4.26. The van der Waals surface area contributed by atoms with E-state index in [-0.39, 0.29) is 29.8 Å². The third kappa shape index (κ3) is 4.97. The second kappa shape index (κ2) is 9.91. The van der Waals surface area contributed by atoms with Crippen LogP contribution in [0.25, 0.3) is 0 Å². The average molecular weight is 491 g/mol. The van der Waals surface area contributed by atoms with Crippen LogP contribution >= 0.6 is 0 Å². The molecule has 9 heteroatoms. The van der Waals surface area contributed by atoms with Crippen LogP contribution in [0.5, 0.6) is 0 Å². The molecule has 3 saturated carbocycles. The van der Waals surface area contributed by atoms with Crippen LogP contribution in [0.2, 0.25) is 0 Å².